The molecule has 0 spiro atoms. The molecule has 0 unspecified atom stereocenters. The van der Waals surface area contributed by atoms with E-state index in [1.54, 1.807) is 0 Å². The highest BCUT2D eigenvalue weighted by atomic mass is 19.4. The number of rotatable bonds is 4. The molecular formula is C10H12F3N3O. The number of hydrogen-bond acceptors (Lipinski definition) is 3. The van der Waals surface area contributed by atoms with Crippen molar-refractivity contribution in [3.8, 4) is 0 Å². The van der Waals surface area contributed by atoms with E-state index < -0.39 is 11.7 Å². The molecule has 4 N–H and O–H groups in total. The lowest BCUT2D eigenvalue weighted by molar-refractivity contribution is -0.137. The molecule has 17 heavy (non-hydrogen) atoms. The number of hydrogen-bond donors (Lipinski definition) is 3. The van der Waals surface area contributed by atoms with Crippen LogP contribution in [-0.4, -0.2) is 17.6 Å². The van der Waals surface area contributed by atoms with Crippen molar-refractivity contribution < 1.29 is 18.4 Å². The molecule has 0 aliphatic heterocycles. The summed E-state index contributed by atoms with van der Waals surface area (Å²) in [7, 11) is 0. The molecule has 4 nitrogen and oxygen atoms in total. The molecule has 94 valence electrons. The van der Waals surface area contributed by atoms with E-state index in [1.165, 1.54) is 12.1 Å². The molecule has 0 heterocycles. The topological polar surface area (TPSA) is 70.6 Å². The van der Waals surface area contributed by atoms with Gasteiger partial charge in [0.05, 0.1) is 5.56 Å². The van der Waals surface area contributed by atoms with E-state index in [1.807, 2.05) is 0 Å². The van der Waals surface area contributed by atoms with Gasteiger partial charge in [0.2, 0.25) is 0 Å². The SMILES string of the molecule is NC(CCNc1cccc(C(F)(F)F)c1)=NO. The van der Waals surface area contributed by atoms with E-state index in [2.05, 4.69) is 10.5 Å². The molecule has 0 aliphatic rings. The van der Waals surface area contributed by atoms with Crippen LogP contribution in [0, 0.1) is 0 Å². The minimum atomic E-state index is -4.36. The fourth-order valence-corrected chi connectivity index (χ4v) is 1.19. The number of nitrogens with two attached hydrogens (primary N) is 1. The highest BCUT2D eigenvalue weighted by molar-refractivity contribution is 5.80. The van der Waals surface area contributed by atoms with Gasteiger partial charge in [0.1, 0.15) is 5.84 Å². The number of benzene rings is 1. The van der Waals surface area contributed by atoms with Crippen LogP contribution in [0.1, 0.15) is 12.0 Å². The average molecular weight is 247 g/mol. The van der Waals surface area contributed by atoms with Crippen LogP contribution in [0.2, 0.25) is 0 Å². The lowest BCUT2D eigenvalue weighted by Gasteiger charge is -2.10. The van der Waals surface area contributed by atoms with Crippen molar-refractivity contribution in [1.82, 2.24) is 0 Å². The van der Waals surface area contributed by atoms with Crippen molar-refractivity contribution in [2.24, 2.45) is 10.9 Å². The number of anilines is 1. The lowest BCUT2D eigenvalue weighted by atomic mass is 10.2. The third-order valence-corrected chi connectivity index (χ3v) is 2.03. The van der Waals surface area contributed by atoms with Gasteiger partial charge in [-0.3, -0.25) is 0 Å². The van der Waals surface area contributed by atoms with Crippen molar-refractivity contribution in [1.29, 1.82) is 0 Å². The lowest BCUT2D eigenvalue weighted by Crippen LogP contribution is -2.16. The van der Waals surface area contributed by atoms with Crippen LogP contribution in [0.25, 0.3) is 0 Å². The van der Waals surface area contributed by atoms with Gasteiger partial charge >= 0.3 is 6.18 Å². The second-order valence-electron chi connectivity index (χ2n) is 3.35. The third kappa shape index (κ3) is 4.21. The van der Waals surface area contributed by atoms with Gasteiger partial charge in [0.15, 0.2) is 0 Å². The summed E-state index contributed by atoms with van der Waals surface area (Å²) in [5, 5.41) is 13.8. The van der Waals surface area contributed by atoms with Crippen molar-refractivity contribution in [2.45, 2.75) is 12.6 Å². The first-order valence-electron chi connectivity index (χ1n) is 4.81. The van der Waals surface area contributed by atoms with Crippen LogP contribution in [0.15, 0.2) is 29.4 Å². The predicted molar refractivity (Wildman–Crippen MR) is 58.0 cm³/mol. The van der Waals surface area contributed by atoms with Crippen LogP contribution < -0.4 is 11.1 Å². The Hall–Kier alpha value is -1.92. The molecule has 7 heteroatoms. The van der Waals surface area contributed by atoms with Gasteiger partial charge in [-0.05, 0) is 18.2 Å². The fourth-order valence-electron chi connectivity index (χ4n) is 1.19. The molecular weight excluding hydrogens is 235 g/mol. The van der Waals surface area contributed by atoms with Gasteiger partial charge in [0, 0.05) is 18.7 Å². The normalized spacial score (nSPS) is 12.5. The Labute approximate surface area is 95.9 Å². The maximum absolute atomic E-state index is 12.4. The van der Waals surface area contributed by atoms with Gasteiger partial charge in [-0.1, -0.05) is 11.2 Å². The van der Waals surface area contributed by atoms with E-state index in [0.717, 1.165) is 12.1 Å². The first-order chi connectivity index (χ1) is 7.93. The molecule has 0 bridgehead atoms. The van der Waals surface area contributed by atoms with Gasteiger partial charge in [-0.2, -0.15) is 13.2 Å². The van der Waals surface area contributed by atoms with Crippen molar-refractivity contribution in [3.05, 3.63) is 29.8 Å². The quantitative estimate of drug-likeness (QED) is 0.331. The van der Waals surface area contributed by atoms with Crippen molar-refractivity contribution in [3.63, 3.8) is 0 Å². The summed E-state index contributed by atoms with van der Waals surface area (Å²) < 4.78 is 37.1. The summed E-state index contributed by atoms with van der Waals surface area (Å²) in [4.78, 5) is 0. The zero-order chi connectivity index (χ0) is 12.9. The summed E-state index contributed by atoms with van der Waals surface area (Å²) in [6.45, 7) is 0.289. The number of nitrogens with one attached hydrogen (secondary N) is 1. The number of halogens is 3. The first-order valence-corrected chi connectivity index (χ1v) is 4.81. The molecule has 0 radical (unpaired) electrons. The largest absolute Gasteiger partial charge is 0.416 e. The molecule has 0 aromatic heterocycles. The third-order valence-electron chi connectivity index (χ3n) is 2.03. The van der Waals surface area contributed by atoms with E-state index in [9.17, 15) is 13.2 Å². The Bertz CT molecular complexity index is 404. The molecule has 1 aromatic carbocycles. The van der Waals surface area contributed by atoms with Crippen molar-refractivity contribution >= 4 is 11.5 Å². The predicted octanol–water partition coefficient (Wildman–Crippen LogP) is 2.25. The molecule has 0 aliphatic carbocycles. The zero-order valence-electron chi connectivity index (χ0n) is 8.83. The van der Waals surface area contributed by atoms with Crippen LogP contribution in [0.3, 0.4) is 0 Å². The van der Waals surface area contributed by atoms with Gasteiger partial charge in [-0.25, -0.2) is 0 Å². The first kappa shape index (κ1) is 13.1. The summed E-state index contributed by atoms with van der Waals surface area (Å²) >= 11 is 0. The Morgan fingerprint density at radius 1 is 1.41 bits per heavy atom. The fraction of sp³-hybridized carbons (Fsp3) is 0.300. The van der Waals surface area contributed by atoms with E-state index >= 15 is 0 Å². The Kier molecular flexibility index (Phi) is 4.19. The summed E-state index contributed by atoms with van der Waals surface area (Å²) in [6.07, 6.45) is -4.12. The molecule has 1 rings (SSSR count). The van der Waals surface area contributed by atoms with E-state index in [0.29, 0.717) is 5.69 Å². The highest BCUT2D eigenvalue weighted by Crippen LogP contribution is 2.30. The smallest absolute Gasteiger partial charge is 0.409 e. The zero-order valence-corrected chi connectivity index (χ0v) is 8.83. The van der Waals surface area contributed by atoms with Crippen LogP contribution >= 0.6 is 0 Å². The van der Waals surface area contributed by atoms with Gasteiger partial charge < -0.3 is 16.3 Å². The van der Waals surface area contributed by atoms with Crippen molar-refractivity contribution in [2.75, 3.05) is 11.9 Å². The van der Waals surface area contributed by atoms with E-state index in [-0.39, 0.29) is 18.8 Å². The molecule has 1 aromatic rings. The Morgan fingerprint density at radius 2 is 2.12 bits per heavy atom. The summed E-state index contributed by atoms with van der Waals surface area (Å²) in [6, 6.07) is 4.83. The average Bonchev–Trinajstić information content (AvgIpc) is 2.28. The van der Waals surface area contributed by atoms with Crippen LogP contribution in [0.5, 0.6) is 0 Å². The second-order valence-corrected chi connectivity index (χ2v) is 3.35. The maximum atomic E-state index is 12.4. The highest BCUT2D eigenvalue weighted by Gasteiger charge is 2.30. The molecule has 0 amide bonds. The standard InChI is InChI=1S/C10H12F3N3O/c11-10(12,13)7-2-1-3-8(6-7)15-5-4-9(14)16-17/h1-3,6,15,17H,4-5H2,(H2,14,16). The number of amidine groups is 1. The Morgan fingerprint density at radius 3 is 2.71 bits per heavy atom. The number of nitrogens with zero attached hydrogens (tertiary/aromatic N) is 1. The molecule has 0 fully saturated rings. The Balaban J connectivity index is 2.61. The molecule has 0 atom stereocenters. The molecule has 0 saturated heterocycles. The van der Waals surface area contributed by atoms with Crippen LogP contribution in [0.4, 0.5) is 18.9 Å². The molecule has 0 saturated carbocycles. The van der Waals surface area contributed by atoms with Gasteiger partial charge in [0.25, 0.3) is 0 Å². The van der Waals surface area contributed by atoms with Gasteiger partial charge in [-0.15, -0.1) is 0 Å². The van der Waals surface area contributed by atoms with E-state index in [4.69, 9.17) is 10.9 Å². The van der Waals surface area contributed by atoms with Crippen LogP contribution in [-0.2, 0) is 6.18 Å². The monoisotopic (exact) mass is 247 g/mol. The summed E-state index contributed by atoms with van der Waals surface area (Å²) in [5.41, 5.74) is 4.84. The minimum Gasteiger partial charge on any atom is -0.409 e. The summed E-state index contributed by atoms with van der Waals surface area (Å²) in [5.74, 6) is 0.0180. The maximum Gasteiger partial charge on any atom is 0.416 e. The number of alkyl halides is 3. The second kappa shape index (κ2) is 5.42. The minimum absolute atomic E-state index is 0.0180. The number of oxime groups is 1.